The Bertz CT molecular complexity index is 1860. The van der Waals surface area contributed by atoms with Crippen molar-refractivity contribution in [1.82, 2.24) is 0 Å². The van der Waals surface area contributed by atoms with Gasteiger partial charge in [0.15, 0.2) is 0 Å². The number of fused-ring (bicyclic) bond motifs is 7. The fourth-order valence-electron chi connectivity index (χ4n) is 5.42. The molecule has 262 valence electrons. The molecule has 0 atom stereocenters. The van der Waals surface area contributed by atoms with Gasteiger partial charge < -0.3 is 28.4 Å². The SMILES string of the molecule is C=CC(=O)OCCCCOC(=O)/C=C/c1ccc2c3c(ccc2c1)OCOc1ccc2cc(/C=C/C(=O)OCCCCOC(=O)C=C)ccc2c1-3. The highest BCUT2D eigenvalue weighted by molar-refractivity contribution is 6.10. The number of esters is 4. The van der Waals surface area contributed by atoms with Crippen molar-refractivity contribution in [2.45, 2.75) is 25.7 Å². The molecule has 4 aromatic carbocycles. The molecule has 1 aliphatic heterocycles. The van der Waals surface area contributed by atoms with Crippen LogP contribution in [0.4, 0.5) is 0 Å². The summed E-state index contributed by atoms with van der Waals surface area (Å²) in [6.07, 6.45) is 10.7. The summed E-state index contributed by atoms with van der Waals surface area (Å²) in [5.41, 5.74) is 3.43. The van der Waals surface area contributed by atoms with Gasteiger partial charge in [-0.3, -0.25) is 0 Å². The number of unbranched alkanes of at least 4 members (excludes halogenated alkanes) is 2. The van der Waals surface area contributed by atoms with E-state index in [9.17, 15) is 19.2 Å². The monoisotopic (exact) mass is 690 g/mol. The molecule has 0 spiro atoms. The van der Waals surface area contributed by atoms with Gasteiger partial charge in [0.25, 0.3) is 0 Å². The van der Waals surface area contributed by atoms with E-state index in [-0.39, 0.29) is 33.2 Å². The Morgan fingerprint density at radius 3 is 1.33 bits per heavy atom. The molecule has 0 aromatic heterocycles. The van der Waals surface area contributed by atoms with Crippen molar-refractivity contribution in [2.24, 2.45) is 0 Å². The Hall–Kier alpha value is -6.16. The second kappa shape index (κ2) is 18.0. The average molecular weight is 691 g/mol. The van der Waals surface area contributed by atoms with E-state index in [0.717, 1.165) is 56.0 Å². The van der Waals surface area contributed by atoms with E-state index in [0.29, 0.717) is 37.2 Å². The Balaban J connectivity index is 1.27. The van der Waals surface area contributed by atoms with Crippen LogP contribution in [0.3, 0.4) is 0 Å². The standard InChI is InChI=1S/C41H38O10/c1-3-36(42)46-21-5-7-23-48-38(44)19-11-28-9-15-32-30(25-28)13-17-34-40(32)41-33-16-10-29(26-31(33)14-18-35(41)51-27-50-34)12-20-39(45)49-24-8-6-22-47-37(43)4-2/h3-4,9-20,25-26H,1-2,5-8,21-24,27H2/b19-11+,20-12+. The first-order valence-electron chi connectivity index (χ1n) is 16.5. The largest absolute Gasteiger partial charge is 0.463 e. The molecule has 51 heavy (non-hydrogen) atoms. The molecule has 0 unspecified atom stereocenters. The molecule has 5 rings (SSSR count). The molecule has 0 saturated heterocycles. The van der Waals surface area contributed by atoms with Crippen LogP contribution >= 0.6 is 0 Å². The first-order chi connectivity index (χ1) is 24.9. The maximum Gasteiger partial charge on any atom is 0.330 e. The van der Waals surface area contributed by atoms with E-state index >= 15 is 0 Å². The molecule has 0 bridgehead atoms. The van der Waals surface area contributed by atoms with Gasteiger partial charge in [-0.15, -0.1) is 0 Å². The highest BCUT2D eigenvalue weighted by Gasteiger charge is 2.22. The summed E-state index contributed by atoms with van der Waals surface area (Å²) in [5.74, 6) is -0.500. The minimum Gasteiger partial charge on any atom is -0.463 e. The van der Waals surface area contributed by atoms with Crippen molar-refractivity contribution in [3.05, 3.63) is 109 Å². The van der Waals surface area contributed by atoms with Crippen molar-refractivity contribution >= 4 is 57.6 Å². The van der Waals surface area contributed by atoms with Crippen LogP contribution in [-0.4, -0.2) is 57.1 Å². The number of carbonyl (C=O) groups excluding carboxylic acids is 4. The Morgan fingerprint density at radius 2 is 0.941 bits per heavy atom. The molecular weight excluding hydrogens is 652 g/mol. The third kappa shape index (κ3) is 9.95. The van der Waals surface area contributed by atoms with Gasteiger partial charge in [-0.2, -0.15) is 0 Å². The number of rotatable bonds is 16. The van der Waals surface area contributed by atoms with Crippen molar-refractivity contribution in [3.8, 4) is 22.6 Å². The number of benzene rings is 4. The van der Waals surface area contributed by atoms with Crippen LogP contribution in [0.25, 0.3) is 44.8 Å². The van der Waals surface area contributed by atoms with Gasteiger partial charge >= 0.3 is 23.9 Å². The molecule has 10 nitrogen and oxygen atoms in total. The number of hydrogen-bond acceptors (Lipinski definition) is 10. The minimum absolute atomic E-state index is 0.0584. The number of carbonyl (C=O) groups is 4. The zero-order valence-corrected chi connectivity index (χ0v) is 28.1. The highest BCUT2D eigenvalue weighted by Crippen LogP contribution is 2.47. The maximum atomic E-state index is 12.3. The minimum atomic E-state index is -0.475. The molecule has 0 saturated carbocycles. The Labute approximate surface area is 295 Å². The van der Waals surface area contributed by atoms with E-state index in [2.05, 4.69) is 13.2 Å². The molecule has 0 N–H and O–H groups in total. The second-order valence-electron chi connectivity index (χ2n) is 11.4. The van der Waals surface area contributed by atoms with Gasteiger partial charge in [-0.1, -0.05) is 49.6 Å². The second-order valence-corrected chi connectivity index (χ2v) is 11.4. The van der Waals surface area contributed by atoms with E-state index in [1.54, 1.807) is 12.2 Å². The van der Waals surface area contributed by atoms with Gasteiger partial charge in [0.2, 0.25) is 6.79 Å². The zero-order valence-electron chi connectivity index (χ0n) is 28.1. The van der Waals surface area contributed by atoms with Crippen LogP contribution in [0.2, 0.25) is 0 Å². The summed E-state index contributed by atoms with van der Waals surface area (Å²) < 4.78 is 32.4. The lowest BCUT2D eigenvalue weighted by Crippen LogP contribution is -2.05. The molecule has 4 aromatic rings. The summed E-state index contributed by atoms with van der Waals surface area (Å²) in [5, 5.41) is 3.80. The van der Waals surface area contributed by atoms with Crippen LogP contribution in [-0.2, 0) is 38.1 Å². The van der Waals surface area contributed by atoms with E-state index < -0.39 is 23.9 Å². The molecule has 0 radical (unpaired) electrons. The lowest BCUT2D eigenvalue weighted by atomic mass is 9.91. The predicted molar refractivity (Wildman–Crippen MR) is 194 cm³/mol. The van der Waals surface area contributed by atoms with Crippen LogP contribution in [0.1, 0.15) is 36.8 Å². The van der Waals surface area contributed by atoms with Crippen molar-refractivity contribution in [1.29, 1.82) is 0 Å². The number of ether oxygens (including phenoxy) is 6. The number of hydrogen-bond donors (Lipinski definition) is 0. The van der Waals surface area contributed by atoms with Crippen LogP contribution in [0.5, 0.6) is 11.5 Å². The van der Waals surface area contributed by atoms with Gasteiger partial charge in [-0.25, -0.2) is 19.2 Å². The summed E-state index contributed by atoms with van der Waals surface area (Å²) in [4.78, 5) is 46.7. The Kier molecular flexibility index (Phi) is 12.8. The third-order valence-corrected chi connectivity index (χ3v) is 7.90. The maximum absolute atomic E-state index is 12.3. The lowest BCUT2D eigenvalue weighted by Gasteiger charge is -2.14. The van der Waals surface area contributed by atoms with Crippen LogP contribution in [0, 0.1) is 0 Å². The van der Waals surface area contributed by atoms with Gasteiger partial charge in [0.05, 0.1) is 26.4 Å². The molecule has 1 aliphatic rings. The molecule has 0 fully saturated rings. The molecule has 1 heterocycles. The van der Waals surface area contributed by atoms with Gasteiger partial charge in [-0.05, 0) is 94.8 Å². The first-order valence-corrected chi connectivity index (χ1v) is 16.5. The third-order valence-electron chi connectivity index (χ3n) is 7.90. The fourth-order valence-corrected chi connectivity index (χ4v) is 5.42. The smallest absolute Gasteiger partial charge is 0.330 e. The van der Waals surface area contributed by atoms with Crippen LogP contribution in [0.15, 0.2) is 98.1 Å². The molecule has 0 aliphatic carbocycles. The van der Waals surface area contributed by atoms with Gasteiger partial charge in [0, 0.05) is 35.4 Å². The first kappa shape index (κ1) is 36.1. The van der Waals surface area contributed by atoms with E-state index in [1.165, 1.54) is 12.2 Å². The highest BCUT2D eigenvalue weighted by atomic mass is 16.7. The molecular formula is C41H38O10. The normalized spacial score (nSPS) is 11.9. The summed E-state index contributed by atoms with van der Waals surface area (Å²) >= 11 is 0. The lowest BCUT2D eigenvalue weighted by molar-refractivity contribution is -0.140. The Morgan fingerprint density at radius 1 is 0.549 bits per heavy atom. The molecule has 10 heteroatoms. The summed E-state index contributed by atoms with van der Waals surface area (Å²) in [6, 6.07) is 19.6. The fraction of sp³-hybridized carbons (Fsp3) is 0.220. The van der Waals surface area contributed by atoms with Crippen molar-refractivity contribution < 1.29 is 47.6 Å². The van der Waals surface area contributed by atoms with E-state index in [4.69, 9.17) is 28.4 Å². The summed E-state index contributed by atoms with van der Waals surface area (Å²) in [7, 11) is 0. The van der Waals surface area contributed by atoms with Crippen molar-refractivity contribution in [2.75, 3.05) is 33.2 Å². The van der Waals surface area contributed by atoms with Gasteiger partial charge in [0.1, 0.15) is 11.5 Å². The predicted octanol–water partition coefficient (Wildman–Crippen LogP) is 7.52. The average Bonchev–Trinajstić information content (AvgIpc) is 3.35. The summed E-state index contributed by atoms with van der Waals surface area (Å²) in [6.45, 7) is 7.68. The van der Waals surface area contributed by atoms with Crippen molar-refractivity contribution in [3.63, 3.8) is 0 Å². The van der Waals surface area contributed by atoms with E-state index in [1.807, 2.05) is 60.7 Å². The topological polar surface area (TPSA) is 124 Å². The zero-order chi connectivity index (χ0) is 36.0. The quantitative estimate of drug-likeness (QED) is 0.0505. The molecule has 0 amide bonds. The van der Waals surface area contributed by atoms with Crippen LogP contribution < -0.4 is 9.47 Å².